The van der Waals surface area contributed by atoms with Crippen LogP contribution in [-0.4, -0.2) is 30.6 Å². The Hall–Kier alpha value is -1.62. The summed E-state index contributed by atoms with van der Waals surface area (Å²) >= 11 is 0. The van der Waals surface area contributed by atoms with Crippen molar-refractivity contribution in [2.24, 2.45) is 0 Å². The van der Waals surface area contributed by atoms with Gasteiger partial charge in [0.2, 0.25) is 0 Å². The second-order valence-corrected chi connectivity index (χ2v) is 5.84. The fourth-order valence-corrected chi connectivity index (χ4v) is 2.34. The Balaban J connectivity index is 1.87. The molecule has 5 heteroatoms. The average molecular weight is 295 g/mol. The molecule has 0 heterocycles. The normalized spacial score (nSPS) is 21.0. The van der Waals surface area contributed by atoms with E-state index in [1.807, 2.05) is 0 Å². The van der Waals surface area contributed by atoms with E-state index in [2.05, 4.69) is 19.2 Å². The first-order valence-electron chi connectivity index (χ1n) is 7.28. The summed E-state index contributed by atoms with van der Waals surface area (Å²) in [5, 5.41) is 3.43. The Kier molecular flexibility index (Phi) is 5.17. The molecule has 0 bridgehead atoms. The molecule has 0 atom stereocenters. The van der Waals surface area contributed by atoms with Crippen molar-refractivity contribution < 1.29 is 18.7 Å². The van der Waals surface area contributed by atoms with Crippen molar-refractivity contribution in [1.29, 1.82) is 0 Å². The Bertz CT molecular complexity index is 498. The third-order valence-electron chi connectivity index (χ3n) is 3.25. The summed E-state index contributed by atoms with van der Waals surface area (Å²) in [7, 11) is 0. The van der Waals surface area contributed by atoms with Gasteiger partial charge in [-0.1, -0.05) is 13.8 Å². The minimum Gasteiger partial charge on any atom is -0.490 e. The molecular weight excluding hydrogens is 273 g/mol. The summed E-state index contributed by atoms with van der Waals surface area (Å²) in [6, 6.07) is 5.13. The van der Waals surface area contributed by atoms with Crippen LogP contribution in [0.4, 0.5) is 4.39 Å². The lowest BCUT2D eigenvalue weighted by Crippen LogP contribution is -2.49. The molecule has 1 saturated carbocycles. The fourth-order valence-electron chi connectivity index (χ4n) is 2.34. The van der Waals surface area contributed by atoms with E-state index in [9.17, 15) is 9.18 Å². The van der Waals surface area contributed by atoms with Crippen LogP contribution in [0.5, 0.6) is 11.5 Å². The van der Waals surface area contributed by atoms with Gasteiger partial charge in [-0.2, -0.15) is 0 Å². The number of hydrogen-bond donors (Lipinski definition) is 1. The van der Waals surface area contributed by atoms with Crippen molar-refractivity contribution in [3.63, 3.8) is 0 Å². The van der Waals surface area contributed by atoms with Gasteiger partial charge >= 0.3 is 0 Å². The van der Waals surface area contributed by atoms with Crippen molar-refractivity contribution in [2.75, 3.05) is 6.61 Å². The van der Waals surface area contributed by atoms with Gasteiger partial charge < -0.3 is 14.8 Å². The number of ether oxygens (including phenoxy) is 2. The van der Waals surface area contributed by atoms with Crippen molar-refractivity contribution in [2.45, 2.75) is 51.8 Å². The molecular formula is C16H22FNO3. The van der Waals surface area contributed by atoms with Crippen molar-refractivity contribution in [1.82, 2.24) is 5.32 Å². The second-order valence-electron chi connectivity index (χ2n) is 5.84. The maximum Gasteiger partial charge on any atom is 0.167 e. The van der Waals surface area contributed by atoms with E-state index in [4.69, 9.17) is 9.47 Å². The first kappa shape index (κ1) is 15.8. The van der Waals surface area contributed by atoms with E-state index in [-0.39, 0.29) is 18.5 Å². The van der Waals surface area contributed by atoms with E-state index in [0.717, 1.165) is 12.8 Å². The molecule has 1 aliphatic rings. The third kappa shape index (κ3) is 5.01. The largest absolute Gasteiger partial charge is 0.490 e. The maximum absolute atomic E-state index is 13.5. The summed E-state index contributed by atoms with van der Waals surface area (Å²) in [5.74, 6) is 0.225. The van der Waals surface area contributed by atoms with Crippen LogP contribution in [-0.2, 0) is 4.79 Å². The van der Waals surface area contributed by atoms with Gasteiger partial charge in [0.05, 0.1) is 0 Å². The highest BCUT2D eigenvalue weighted by atomic mass is 19.1. The summed E-state index contributed by atoms with van der Waals surface area (Å²) in [5.41, 5.74) is 0. The zero-order chi connectivity index (χ0) is 15.4. The van der Waals surface area contributed by atoms with Gasteiger partial charge in [-0.15, -0.1) is 0 Å². The van der Waals surface area contributed by atoms with Crippen molar-refractivity contribution in [3.05, 3.63) is 24.0 Å². The molecule has 1 aromatic carbocycles. The first-order valence-corrected chi connectivity index (χ1v) is 7.28. The summed E-state index contributed by atoms with van der Waals surface area (Å²) in [6.45, 7) is 5.58. The monoisotopic (exact) mass is 295 g/mol. The first-order chi connectivity index (χ1) is 9.92. The zero-order valence-corrected chi connectivity index (χ0v) is 12.7. The molecule has 0 spiro atoms. The number of carbonyl (C=O) groups excluding carboxylic acids is 1. The maximum atomic E-state index is 13.5. The van der Waals surface area contributed by atoms with E-state index in [1.54, 1.807) is 6.07 Å². The Morgan fingerprint density at radius 2 is 2.00 bits per heavy atom. The molecule has 2 rings (SSSR count). The van der Waals surface area contributed by atoms with Crippen LogP contribution < -0.4 is 14.8 Å². The molecule has 21 heavy (non-hydrogen) atoms. The van der Waals surface area contributed by atoms with Gasteiger partial charge in [0.1, 0.15) is 30.0 Å². The fraction of sp³-hybridized carbons (Fsp3) is 0.562. The highest BCUT2D eigenvalue weighted by molar-refractivity contribution is 5.77. The predicted molar refractivity (Wildman–Crippen MR) is 78.3 cm³/mol. The van der Waals surface area contributed by atoms with Gasteiger partial charge in [-0.3, -0.25) is 4.79 Å². The third-order valence-corrected chi connectivity index (χ3v) is 3.25. The van der Waals surface area contributed by atoms with Crippen molar-refractivity contribution >= 4 is 5.78 Å². The van der Waals surface area contributed by atoms with Gasteiger partial charge in [-0.25, -0.2) is 4.39 Å². The lowest BCUT2D eigenvalue weighted by molar-refractivity contribution is -0.118. The van der Waals surface area contributed by atoms with Crippen LogP contribution in [0.2, 0.25) is 0 Å². The van der Waals surface area contributed by atoms with Gasteiger partial charge in [0.25, 0.3) is 0 Å². The van der Waals surface area contributed by atoms with Crippen LogP contribution in [0.3, 0.4) is 0 Å². The van der Waals surface area contributed by atoms with Crippen molar-refractivity contribution in [3.8, 4) is 11.5 Å². The van der Waals surface area contributed by atoms with Gasteiger partial charge in [0.15, 0.2) is 5.78 Å². The number of rotatable bonds is 7. The highest BCUT2D eigenvalue weighted by Crippen LogP contribution is 2.29. The zero-order valence-electron chi connectivity index (χ0n) is 12.7. The minimum atomic E-state index is -0.428. The minimum absolute atomic E-state index is 0.0628. The summed E-state index contributed by atoms with van der Waals surface area (Å²) in [4.78, 5) is 10.9. The standard InChI is InChI=1S/C16H22FNO3/c1-10(2)18-13-6-16(7-13)21-15-5-12(17)4-14(8-15)20-9-11(3)19/h4-5,8,10,13,16,18H,6-7,9H2,1-3H3. The predicted octanol–water partition coefficient (Wildman–Crippen LogP) is 2.70. The smallest absolute Gasteiger partial charge is 0.167 e. The van der Waals surface area contributed by atoms with Crippen LogP contribution in [0.15, 0.2) is 18.2 Å². The lowest BCUT2D eigenvalue weighted by Gasteiger charge is -2.37. The van der Waals surface area contributed by atoms with Gasteiger partial charge in [0, 0.05) is 30.3 Å². The van der Waals surface area contributed by atoms with E-state index < -0.39 is 5.82 Å². The number of benzene rings is 1. The quantitative estimate of drug-likeness (QED) is 0.840. The molecule has 0 aromatic heterocycles. The van der Waals surface area contributed by atoms with E-state index in [1.165, 1.54) is 19.1 Å². The Morgan fingerprint density at radius 3 is 2.62 bits per heavy atom. The van der Waals surface area contributed by atoms with E-state index in [0.29, 0.717) is 23.6 Å². The molecule has 4 nitrogen and oxygen atoms in total. The molecule has 1 fully saturated rings. The molecule has 0 radical (unpaired) electrons. The second kappa shape index (κ2) is 6.89. The number of hydrogen-bond acceptors (Lipinski definition) is 4. The molecule has 0 unspecified atom stereocenters. The highest BCUT2D eigenvalue weighted by Gasteiger charge is 2.31. The average Bonchev–Trinajstić information content (AvgIpc) is 2.32. The lowest BCUT2D eigenvalue weighted by atomic mass is 9.88. The van der Waals surface area contributed by atoms with E-state index >= 15 is 0 Å². The van der Waals surface area contributed by atoms with Crippen LogP contribution >= 0.6 is 0 Å². The SMILES string of the molecule is CC(=O)COc1cc(F)cc(OC2CC(NC(C)C)C2)c1. The molecule has 0 saturated heterocycles. The summed E-state index contributed by atoms with van der Waals surface area (Å²) in [6.07, 6.45) is 1.93. The number of nitrogens with one attached hydrogen (secondary N) is 1. The Labute approximate surface area is 124 Å². The molecule has 0 amide bonds. The number of halogens is 1. The van der Waals surface area contributed by atoms with Crippen LogP contribution in [0.25, 0.3) is 0 Å². The number of carbonyl (C=O) groups is 1. The molecule has 116 valence electrons. The molecule has 0 aliphatic heterocycles. The van der Waals surface area contributed by atoms with Crippen LogP contribution in [0.1, 0.15) is 33.6 Å². The Morgan fingerprint density at radius 1 is 1.33 bits per heavy atom. The number of ketones is 1. The molecule has 1 aromatic rings. The summed E-state index contributed by atoms with van der Waals surface area (Å²) < 4.78 is 24.5. The topological polar surface area (TPSA) is 47.6 Å². The molecule has 1 N–H and O–H groups in total. The van der Waals surface area contributed by atoms with Crippen LogP contribution in [0, 0.1) is 5.82 Å². The van der Waals surface area contributed by atoms with Gasteiger partial charge in [-0.05, 0) is 19.8 Å². The number of Topliss-reactive ketones (excluding diaryl/α,β-unsaturated/α-hetero) is 1. The molecule has 1 aliphatic carbocycles.